The molecule has 8 heteroatoms. The van der Waals surface area contributed by atoms with Crippen LogP contribution in [0.2, 0.25) is 0 Å². The van der Waals surface area contributed by atoms with Gasteiger partial charge in [0, 0.05) is 18.0 Å². The van der Waals surface area contributed by atoms with Crippen molar-refractivity contribution in [1.82, 2.24) is 14.0 Å². The van der Waals surface area contributed by atoms with E-state index in [-0.39, 0.29) is 23.7 Å². The molecule has 0 aromatic carbocycles. The lowest BCUT2D eigenvalue weighted by molar-refractivity contribution is 0.0540. The quantitative estimate of drug-likeness (QED) is 0.695. The average molecular weight is 384 g/mol. The molecule has 3 aromatic rings. The number of alkyl halides is 1. The molecule has 7 nitrogen and oxygen atoms in total. The van der Waals surface area contributed by atoms with Crippen LogP contribution in [0.15, 0.2) is 36.7 Å². The normalized spacial score (nSPS) is 19.0. The van der Waals surface area contributed by atoms with E-state index in [1.807, 2.05) is 0 Å². The Kier molecular flexibility index (Phi) is 4.02. The number of halogens is 1. The Morgan fingerprint density at radius 2 is 2.00 bits per heavy atom. The number of nitrogens with zero attached hydrogens (tertiary/aromatic N) is 3. The number of ketones is 1. The van der Waals surface area contributed by atoms with Gasteiger partial charge in [-0.05, 0) is 51.5 Å². The fourth-order valence-electron chi connectivity index (χ4n) is 3.16. The van der Waals surface area contributed by atoms with Crippen molar-refractivity contribution in [1.29, 1.82) is 0 Å². The molecule has 1 saturated carbocycles. The van der Waals surface area contributed by atoms with E-state index in [0.717, 1.165) is 0 Å². The van der Waals surface area contributed by atoms with Gasteiger partial charge in [0.15, 0.2) is 11.6 Å². The molecular weight excluding hydrogens is 363 g/mol. The second-order valence-corrected chi connectivity index (χ2v) is 7.96. The van der Waals surface area contributed by atoms with Crippen LogP contribution in [-0.4, -0.2) is 37.6 Å². The average Bonchev–Trinajstić information content (AvgIpc) is 3.03. The predicted molar refractivity (Wildman–Crippen MR) is 102 cm³/mol. The lowest BCUT2D eigenvalue weighted by atomic mass is 10.1. The molecule has 3 aromatic heterocycles. The third-order valence-electron chi connectivity index (χ3n) is 4.56. The number of nitrogen functional groups attached to an aromatic ring is 1. The van der Waals surface area contributed by atoms with Gasteiger partial charge in [-0.15, -0.1) is 0 Å². The van der Waals surface area contributed by atoms with Gasteiger partial charge in [-0.25, -0.2) is 14.2 Å². The van der Waals surface area contributed by atoms with Gasteiger partial charge in [0.25, 0.3) is 0 Å². The smallest absolute Gasteiger partial charge is 0.418 e. The van der Waals surface area contributed by atoms with E-state index in [1.54, 1.807) is 61.8 Å². The van der Waals surface area contributed by atoms with Crippen molar-refractivity contribution in [3.63, 3.8) is 0 Å². The second kappa shape index (κ2) is 6.19. The molecule has 4 rings (SSSR count). The highest BCUT2D eigenvalue weighted by Crippen LogP contribution is 2.38. The molecule has 0 radical (unpaired) electrons. The fourth-order valence-corrected chi connectivity index (χ4v) is 3.16. The minimum Gasteiger partial charge on any atom is -0.443 e. The van der Waals surface area contributed by atoms with Crippen molar-refractivity contribution >= 4 is 23.3 Å². The molecule has 1 fully saturated rings. The molecule has 3 heterocycles. The van der Waals surface area contributed by atoms with Gasteiger partial charge < -0.3 is 10.5 Å². The number of Topliss-reactive ketones (excluding diaryl/α,β-unsaturated/α-hetero) is 1. The zero-order chi connectivity index (χ0) is 20.2. The molecule has 2 N–H and O–H groups in total. The van der Waals surface area contributed by atoms with E-state index in [2.05, 4.69) is 4.98 Å². The monoisotopic (exact) mass is 384 g/mol. The third-order valence-corrected chi connectivity index (χ3v) is 4.56. The first kappa shape index (κ1) is 18.2. The maximum Gasteiger partial charge on any atom is 0.418 e. The lowest BCUT2D eigenvalue weighted by Gasteiger charge is -2.20. The molecule has 0 aliphatic heterocycles. The second-order valence-electron chi connectivity index (χ2n) is 7.96. The number of rotatable bonds is 3. The number of carbonyl (C=O) groups excluding carboxylic acids is 2. The molecule has 1 aliphatic rings. The molecule has 2 atom stereocenters. The van der Waals surface area contributed by atoms with Gasteiger partial charge in [0.2, 0.25) is 0 Å². The molecule has 0 unspecified atom stereocenters. The summed E-state index contributed by atoms with van der Waals surface area (Å²) in [6, 6.07) is 6.98. The number of aromatic nitrogens is 3. The highest BCUT2D eigenvalue weighted by Gasteiger charge is 2.45. The lowest BCUT2D eigenvalue weighted by Crippen LogP contribution is -2.27. The summed E-state index contributed by atoms with van der Waals surface area (Å²) in [5.74, 6) is -0.933. The van der Waals surface area contributed by atoms with Gasteiger partial charge in [-0.1, -0.05) is 0 Å². The Labute approximate surface area is 160 Å². The van der Waals surface area contributed by atoms with Crippen LogP contribution in [0.25, 0.3) is 16.9 Å². The SMILES string of the molecule is CC(C)(C)OC(=O)n1cccc1-c1ccc2nc(N)c(C(=O)[C@@H]3C[C@@H]3F)n2c1. The van der Waals surface area contributed by atoms with Gasteiger partial charge >= 0.3 is 6.09 Å². The summed E-state index contributed by atoms with van der Waals surface area (Å²) in [7, 11) is 0. The van der Waals surface area contributed by atoms with Crippen molar-refractivity contribution in [2.45, 2.75) is 39.0 Å². The van der Waals surface area contributed by atoms with Crippen molar-refractivity contribution in [3.05, 3.63) is 42.4 Å². The van der Waals surface area contributed by atoms with Crippen LogP contribution in [0.3, 0.4) is 0 Å². The number of hydrogen-bond donors (Lipinski definition) is 1. The molecule has 0 saturated heterocycles. The van der Waals surface area contributed by atoms with E-state index >= 15 is 0 Å². The van der Waals surface area contributed by atoms with Crippen LogP contribution in [0.5, 0.6) is 0 Å². The first-order valence-electron chi connectivity index (χ1n) is 9.02. The summed E-state index contributed by atoms with van der Waals surface area (Å²) in [6.45, 7) is 5.38. The maximum absolute atomic E-state index is 13.4. The Bertz CT molecular complexity index is 1090. The largest absolute Gasteiger partial charge is 0.443 e. The summed E-state index contributed by atoms with van der Waals surface area (Å²) < 4.78 is 21.8. The van der Waals surface area contributed by atoms with Crippen molar-refractivity contribution in [2.75, 3.05) is 5.73 Å². The Morgan fingerprint density at radius 1 is 1.29 bits per heavy atom. The molecular formula is C20H21FN4O3. The zero-order valence-corrected chi connectivity index (χ0v) is 15.8. The minimum atomic E-state index is -1.12. The van der Waals surface area contributed by atoms with Gasteiger partial charge in [0.05, 0.1) is 11.6 Å². The number of anilines is 1. The maximum atomic E-state index is 13.4. The molecule has 0 spiro atoms. The predicted octanol–water partition coefficient (Wildman–Crippen LogP) is 3.71. The first-order chi connectivity index (χ1) is 13.2. The minimum absolute atomic E-state index is 0.0729. The number of hydrogen-bond acceptors (Lipinski definition) is 5. The van der Waals surface area contributed by atoms with Crippen molar-refractivity contribution in [2.24, 2.45) is 5.92 Å². The fraction of sp³-hybridized carbons (Fsp3) is 0.350. The van der Waals surface area contributed by atoms with Crippen LogP contribution in [0.4, 0.5) is 15.0 Å². The summed E-state index contributed by atoms with van der Waals surface area (Å²) in [5.41, 5.74) is 7.22. The number of imidazole rings is 1. The standard InChI is InChI=1S/C20H21FN4O3/c1-20(2,3)28-19(27)24-8-4-5-14(24)11-6-7-15-23-18(22)16(25(15)10-11)17(26)12-9-13(12)21/h4-8,10,12-13H,9,22H2,1-3H3/t12-,13+/m1/s1. The number of nitrogens with two attached hydrogens (primary N) is 1. The highest BCUT2D eigenvalue weighted by atomic mass is 19.1. The Hall–Kier alpha value is -3.16. The molecule has 28 heavy (non-hydrogen) atoms. The third kappa shape index (κ3) is 3.15. The van der Waals surface area contributed by atoms with Gasteiger partial charge in [-0.3, -0.25) is 13.8 Å². The van der Waals surface area contributed by atoms with E-state index in [4.69, 9.17) is 10.5 Å². The van der Waals surface area contributed by atoms with E-state index in [1.165, 1.54) is 4.57 Å². The Balaban J connectivity index is 1.76. The van der Waals surface area contributed by atoms with Crippen LogP contribution >= 0.6 is 0 Å². The zero-order valence-electron chi connectivity index (χ0n) is 15.8. The molecule has 146 valence electrons. The topological polar surface area (TPSA) is 91.6 Å². The molecule has 0 bridgehead atoms. The van der Waals surface area contributed by atoms with Crippen LogP contribution in [0, 0.1) is 5.92 Å². The summed E-state index contributed by atoms with van der Waals surface area (Å²) in [4.78, 5) is 29.3. The highest BCUT2D eigenvalue weighted by molar-refractivity contribution is 6.03. The number of ether oxygens (including phenoxy) is 1. The first-order valence-corrected chi connectivity index (χ1v) is 9.02. The van der Waals surface area contributed by atoms with Crippen LogP contribution < -0.4 is 5.73 Å². The van der Waals surface area contributed by atoms with Gasteiger partial charge in [-0.2, -0.15) is 0 Å². The summed E-state index contributed by atoms with van der Waals surface area (Å²) in [5, 5.41) is 0. The van der Waals surface area contributed by atoms with E-state index < -0.39 is 23.8 Å². The van der Waals surface area contributed by atoms with Crippen molar-refractivity contribution < 1.29 is 18.7 Å². The number of pyridine rings is 1. The number of fused-ring (bicyclic) bond motifs is 1. The summed E-state index contributed by atoms with van der Waals surface area (Å²) >= 11 is 0. The van der Waals surface area contributed by atoms with Crippen molar-refractivity contribution in [3.8, 4) is 11.3 Å². The Morgan fingerprint density at radius 3 is 2.64 bits per heavy atom. The molecule has 0 amide bonds. The van der Waals surface area contributed by atoms with Crippen LogP contribution in [-0.2, 0) is 4.74 Å². The summed E-state index contributed by atoms with van der Waals surface area (Å²) in [6.07, 6.45) is 1.88. The van der Waals surface area contributed by atoms with E-state index in [0.29, 0.717) is 16.9 Å². The van der Waals surface area contributed by atoms with Crippen LogP contribution in [0.1, 0.15) is 37.7 Å². The molecule has 1 aliphatic carbocycles. The van der Waals surface area contributed by atoms with Gasteiger partial charge in [0.1, 0.15) is 23.1 Å². The van der Waals surface area contributed by atoms with E-state index in [9.17, 15) is 14.0 Å². The number of carbonyl (C=O) groups is 2.